The monoisotopic (exact) mass is 455 g/mol. The molecule has 0 heterocycles. The Kier molecular flexibility index (Phi) is 16.4. The topological polar surface area (TPSA) is 128 Å². The molecule has 0 saturated carbocycles. The molecule has 5 N–H and O–H groups in total. The van der Waals surface area contributed by atoms with Gasteiger partial charge in [-0.3, -0.25) is 19.2 Å². The van der Waals surface area contributed by atoms with Crippen LogP contribution in [0.25, 0.3) is 0 Å². The molecule has 0 fully saturated rings. The predicted octanol–water partition coefficient (Wildman–Crippen LogP) is 0.875. The van der Waals surface area contributed by atoms with E-state index >= 15 is 0 Å². The minimum absolute atomic E-state index is 0.0507. The number of hydrogen-bond donors (Lipinski definition) is 5. The summed E-state index contributed by atoms with van der Waals surface area (Å²) in [4.78, 5) is 48.8. The van der Waals surface area contributed by atoms with Crippen molar-refractivity contribution in [3.63, 3.8) is 0 Å². The molecule has 3 amide bonds. The van der Waals surface area contributed by atoms with Crippen LogP contribution in [0.1, 0.15) is 73.6 Å². The van der Waals surface area contributed by atoms with Crippen LogP contribution in [0.3, 0.4) is 0 Å². The maximum atomic E-state index is 12.6. The van der Waals surface area contributed by atoms with Gasteiger partial charge in [-0.2, -0.15) is 0 Å². The highest BCUT2D eigenvalue weighted by atomic mass is 16.2. The molecule has 0 rings (SSSR count). The SMILES string of the molecule is CC(C)NCCNC(=O)CC[C@@H](NC(=O)CCCC(=O)C(C)C)C(=O)NCCNC(C)C. The molecule has 0 aromatic carbocycles. The molecular weight excluding hydrogens is 410 g/mol. The number of rotatable bonds is 18. The minimum Gasteiger partial charge on any atom is -0.355 e. The molecule has 0 aliphatic heterocycles. The fraction of sp³-hybridized carbons (Fsp3) is 0.826. The predicted molar refractivity (Wildman–Crippen MR) is 127 cm³/mol. The Bertz CT molecular complexity index is 579. The van der Waals surface area contributed by atoms with Crippen molar-refractivity contribution in [3.05, 3.63) is 0 Å². The number of amides is 3. The van der Waals surface area contributed by atoms with Crippen LogP contribution in [0.15, 0.2) is 0 Å². The molecule has 0 aliphatic carbocycles. The second kappa shape index (κ2) is 17.5. The van der Waals surface area contributed by atoms with Gasteiger partial charge < -0.3 is 26.6 Å². The Morgan fingerprint density at radius 1 is 0.656 bits per heavy atom. The van der Waals surface area contributed by atoms with Gasteiger partial charge in [-0.15, -0.1) is 0 Å². The first-order valence-corrected chi connectivity index (χ1v) is 11.9. The zero-order chi connectivity index (χ0) is 24.5. The van der Waals surface area contributed by atoms with E-state index < -0.39 is 6.04 Å². The van der Waals surface area contributed by atoms with Crippen molar-refractivity contribution in [2.45, 2.75) is 91.8 Å². The summed E-state index contributed by atoms with van der Waals surface area (Å²) < 4.78 is 0. The van der Waals surface area contributed by atoms with Crippen molar-refractivity contribution in [3.8, 4) is 0 Å². The van der Waals surface area contributed by atoms with E-state index in [1.807, 2.05) is 41.5 Å². The summed E-state index contributed by atoms with van der Waals surface area (Å²) in [6.07, 6.45) is 1.30. The van der Waals surface area contributed by atoms with E-state index in [9.17, 15) is 19.2 Å². The van der Waals surface area contributed by atoms with E-state index in [2.05, 4.69) is 26.6 Å². The average Bonchev–Trinajstić information content (AvgIpc) is 2.70. The van der Waals surface area contributed by atoms with E-state index in [-0.39, 0.29) is 48.7 Å². The Labute approximate surface area is 193 Å². The normalized spacial score (nSPS) is 12.2. The lowest BCUT2D eigenvalue weighted by Crippen LogP contribution is -2.48. The molecule has 0 spiro atoms. The quantitative estimate of drug-likeness (QED) is 0.195. The van der Waals surface area contributed by atoms with Gasteiger partial charge in [0.25, 0.3) is 0 Å². The van der Waals surface area contributed by atoms with E-state index in [1.54, 1.807) is 0 Å². The van der Waals surface area contributed by atoms with Crippen molar-refractivity contribution < 1.29 is 19.2 Å². The highest BCUT2D eigenvalue weighted by Crippen LogP contribution is 2.05. The summed E-state index contributed by atoms with van der Waals surface area (Å²) in [5.41, 5.74) is 0. The fourth-order valence-electron chi connectivity index (χ4n) is 2.84. The molecule has 0 radical (unpaired) electrons. The second-order valence-electron chi connectivity index (χ2n) is 8.99. The van der Waals surface area contributed by atoms with Crippen molar-refractivity contribution in [2.24, 2.45) is 5.92 Å². The zero-order valence-electron chi connectivity index (χ0n) is 20.8. The third-order valence-corrected chi connectivity index (χ3v) is 4.76. The number of carbonyl (C=O) groups excluding carboxylic acids is 4. The number of ketones is 1. The molecule has 186 valence electrons. The Morgan fingerprint density at radius 3 is 1.75 bits per heavy atom. The molecule has 0 unspecified atom stereocenters. The van der Waals surface area contributed by atoms with Crippen LogP contribution in [0, 0.1) is 5.92 Å². The first-order valence-electron chi connectivity index (χ1n) is 11.9. The lowest BCUT2D eigenvalue weighted by molar-refractivity contribution is -0.130. The highest BCUT2D eigenvalue weighted by molar-refractivity contribution is 5.88. The van der Waals surface area contributed by atoms with Gasteiger partial charge in [-0.25, -0.2) is 0 Å². The maximum Gasteiger partial charge on any atom is 0.242 e. The van der Waals surface area contributed by atoms with Crippen LogP contribution in [0.4, 0.5) is 0 Å². The number of carbonyl (C=O) groups is 4. The van der Waals surface area contributed by atoms with Crippen LogP contribution < -0.4 is 26.6 Å². The Hall–Kier alpha value is -2.00. The van der Waals surface area contributed by atoms with E-state index in [4.69, 9.17) is 0 Å². The minimum atomic E-state index is -0.790. The molecular formula is C23H45N5O4. The summed E-state index contributed by atoms with van der Waals surface area (Å²) in [6.45, 7) is 14.0. The van der Waals surface area contributed by atoms with Crippen LogP contribution in [-0.2, 0) is 19.2 Å². The third-order valence-electron chi connectivity index (χ3n) is 4.76. The number of hydrogen-bond acceptors (Lipinski definition) is 6. The molecule has 1 atom stereocenters. The summed E-state index contributed by atoms with van der Waals surface area (Å²) in [6, 6.07) is -0.136. The van der Waals surface area contributed by atoms with E-state index in [0.29, 0.717) is 51.1 Å². The molecule has 32 heavy (non-hydrogen) atoms. The van der Waals surface area contributed by atoms with Crippen LogP contribution >= 0.6 is 0 Å². The van der Waals surface area contributed by atoms with Crippen molar-refractivity contribution in [1.29, 1.82) is 0 Å². The number of nitrogens with one attached hydrogen (secondary N) is 5. The molecule has 0 bridgehead atoms. The Balaban J connectivity index is 4.61. The van der Waals surface area contributed by atoms with Crippen molar-refractivity contribution >= 4 is 23.5 Å². The molecule has 9 heteroatoms. The lowest BCUT2D eigenvalue weighted by Gasteiger charge is -2.19. The largest absolute Gasteiger partial charge is 0.355 e. The van der Waals surface area contributed by atoms with Gasteiger partial charge in [0, 0.05) is 63.4 Å². The standard InChI is InChI=1S/C23H45N5O4/c1-16(2)20(29)8-7-9-22(31)28-19(23(32)27-15-13-25-18(5)6)10-11-21(30)26-14-12-24-17(3)4/h16-19,24-25H,7-15H2,1-6H3,(H,26,30)(H,27,32)(H,28,31)/t19-/m1/s1. The summed E-state index contributed by atoms with van der Waals surface area (Å²) >= 11 is 0. The highest BCUT2D eigenvalue weighted by Gasteiger charge is 2.21. The molecule has 0 saturated heterocycles. The lowest BCUT2D eigenvalue weighted by atomic mass is 10.0. The van der Waals surface area contributed by atoms with E-state index in [1.165, 1.54) is 0 Å². The molecule has 0 aromatic rings. The fourth-order valence-corrected chi connectivity index (χ4v) is 2.84. The van der Waals surface area contributed by atoms with Crippen molar-refractivity contribution in [1.82, 2.24) is 26.6 Å². The van der Waals surface area contributed by atoms with Gasteiger partial charge in [-0.1, -0.05) is 41.5 Å². The van der Waals surface area contributed by atoms with Gasteiger partial charge in [0.15, 0.2) is 0 Å². The Morgan fingerprint density at radius 2 is 1.22 bits per heavy atom. The first kappa shape index (κ1) is 30.0. The molecule has 0 aromatic heterocycles. The van der Waals surface area contributed by atoms with Crippen molar-refractivity contribution in [2.75, 3.05) is 26.2 Å². The smallest absolute Gasteiger partial charge is 0.242 e. The average molecular weight is 456 g/mol. The van der Waals surface area contributed by atoms with Gasteiger partial charge in [0.1, 0.15) is 11.8 Å². The van der Waals surface area contributed by atoms with Crippen LogP contribution in [0.2, 0.25) is 0 Å². The second-order valence-corrected chi connectivity index (χ2v) is 8.99. The summed E-state index contributed by atoms with van der Waals surface area (Å²) in [7, 11) is 0. The summed E-state index contributed by atoms with van der Waals surface area (Å²) in [5.74, 6) is -0.690. The van der Waals surface area contributed by atoms with E-state index in [0.717, 1.165) is 0 Å². The van der Waals surface area contributed by atoms with Gasteiger partial charge in [0.2, 0.25) is 17.7 Å². The first-order chi connectivity index (χ1) is 15.0. The zero-order valence-corrected chi connectivity index (χ0v) is 20.8. The van der Waals surface area contributed by atoms with Gasteiger partial charge in [-0.05, 0) is 12.8 Å². The van der Waals surface area contributed by atoms with Crippen LogP contribution in [-0.4, -0.2) is 67.8 Å². The van der Waals surface area contributed by atoms with Gasteiger partial charge >= 0.3 is 0 Å². The van der Waals surface area contributed by atoms with Crippen LogP contribution in [0.5, 0.6) is 0 Å². The number of Topliss-reactive ketones (excluding diaryl/α,β-unsaturated/α-hetero) is 1. The maximum absolute atomic E-state index is 12.6. The summed E-state index contributed by atoms with van der Waals surface area (Å²) in [5, 5.41) is 14.8. The third kappa shape index (κ3) is 16.7. The molecule has 9 nitrogen and oxygen atoms in total. The van der Waals surface area contributed by atoms with Gasteiger partial charge in [0.05, 0.1) is 0 Å². The molecule has 0 aliphatic rings.